The predicted molar refractivity (Wildman–Crippen MR) is 78.0 cm³/mol. The van der Waals surface area contributed by atoms with E-state index in [9.17, 15) is 9.59 Å². The molecule has 2 rings (SSSR count). The molecule has 0 aliphatic carbocycles. The molecular formula is C16H17NO5. The Bertz CT molecular complexity index is 594. The van der Waals surface area contributed by atoms with E-state index in [1.54, 1.807) is 36.4 Å². The van der Waals surface area contributed by atoms with Gasteiger partial charge in [-0.2, -0.15) is 0 Å². The van der Waals surface area contributed by atoms with E-state index in [-0.39, 0.29) is 13.2 Å². The van der Waals surface area contributed by atoms with Gasteiger partial charge >= 0.3 is 5.97 Å². The maximum absolute atomic E-state index is 11.8. The molecule has 1 amide bonds. The van der Waals surface area contributed by atoms with Crippen LogP contribution < -0.4 is 10.1 Å². The number of furan rings is 1. The van der Waals surface area contributed by atoms with Crippen molar-refractivity contribution in [1.29, 1.82) is 0 Å². The number of hydrogen-bond donors (Lipinski definition) is 1. The topological polar surface area (TPSA) is 77.8 Å². The van der Waals surface area contributed by atoms with E-state index >= 15 is 0 Å². The van der Waals surface area contributed by atoms with Crippen LogP contribution in [0.1, 0.15) is 12.7 Å². The highest BCUT2D eigenvalue weighted by atomic mass is 16.6. The fourth-order valence-corrected chi connectivity index (χ4v) is 1.67. The van der Waals surface area contributed by atoms with Gasteiger partial charge in [-0.1, -0.05) is 18.2 Å². The number of rotatable bonds is 7. The number of amides is 1. The van der Waals surface area contributed by atoms with Crippen molar-refractivity contribution in [3.63, 3.8) is 0 Å². The van der Waals surface area contributed by atoms with E-state index in [1.165, 1.54) is 13.2 Å². The zero-order valence-corrected chi connectivity index (χ0v) is 12.2. The summed E-state index contributed by atoms with van der Waals surface area (Å²) in [7, 11) is 0. The van der Waals surface area contributed by atoms with Gasteiger partial charge in [0.25, 0.3) is 5.91 Å². The van der Waals surface area contributed by atoms with Crippen LogP contribution in [0, 0.1) is 0 Å². The first kappa shape index (κ1) is 15.6. The van der Waals surface area contributed by atoms with E-state index < -0.39 is 18.0 Å². The second-order valence-electron chi connectivity index (χ2n) is 4.53. The number of ether oxygens (including phenoxy) is 2. The summed E-state index contributed by atoms with van der Waals surface area (Å²) in [6.07, 6.45) is 0.619. The SMILES string of the molecule is C[C@H](OC(=O)COc1ccccc1)C(=O)NCc1ccco1. The van der Waals surface area contributed by atoms with Crippen LogP contribution in [0.5, 0.6) is 5.75 Å². The third-order valence-corrected chi connectivity index (χ3v) is 2.79. The molecule has 116 valence electrons. The molecule has 0 saturated carbocycles. The Morgan fingerprint density at radius 3 is 2.64 bits per heavy atom. The summed E-state index contributed by atoms with van der Waals surface area (Å²) in [5, 5.41) is 2.61. The largest absolute Gasteiger partial charge is 0.482 e. The highest BCUT2D eigenvalue weighted by molar-refractivity contribution is 5.83. The van der Waals surface area contributed by atoms with E-state index in [2.05, 4.69) is 5.32 Å². The molecule has 6 nitrogen and oxygen atoms in total. The Morgan fingerprint density at radius 2 is 1.95 bits per heavy atom. The van der Waals surface area contributed by atoms with Crippen molar-refractivity contribution in [2.24, 2.45) is 0 Å². The quantitative estimate of drug-likeness (QED) is 0.791. The summed E-state index contributed by atoms with van der Waals surface area (Å²) in [4.78, 5) is 23.4. The molecule has 1 aromatic heterocycles. The number of nitrogens with one attached hydrogen (secondary N) is 1. The molecule has 0 aliphatic rings. The monoisotopic (exact) mass is 303 g/mol. The van der Waals surface area contributed by atoms with Crippen molar-refractivity contribution in [2.45, 2.75) is 19.6 Å². The standard InChI is InChI=1S/C16H17NO5/c1-12(16(19)17-10-14-8-5-9-20-14)22-15(18)11-21-13-6-3-2-4-7-13/h2-9,12H,10-11H2,1H3,(H,17,19)/t12-/m0/s1. The number of esters is 1. The zero-order valence-electron chi connectivity index (χ0n) is 12.2. The van der Waals surface area contributed by atoms with Crippen molar-refractivity contribution < 1.29 is 23.5 Å². The first-order valence-electron chi connectivity index (χ1n) is 6.82. The minimum absolute atomic E-state index is 0.244. The molecule has 0 radical (unpaired) electrons. The molecule has 1 N–H and O–H groups in total. The lowest BCUT2D eigenvalue weighted by Crippen LogP contribution is -2.36. The summed E-state index contributed by atoms with van der Waals surface area (Å²) in [6.45, 7) is 1.49. The maximum Gasteiger partial charge on any atom is 0.344 e. The predicted octanol–water partition coefficient (Wildman–Crippen LogP) is 1.91. The highest BCUT2D eigenvalue weighted by Crippen LogP contribution is 2.08. The molecule has 1 heterocycles. The van der Waals surface area contributed by atoms with Crippen LogP contribution in [0.2, 0.25) is 0 Å². The third kappa shape index (κ3) is 4.97. The highest BCUT2D eigenvalue weighted by Gasteiger charge is 2.18. The van der Waals surface area contributed by atoms with Gasteiger partial charge in [0, 0.05) is 0 Å². The molecule has 0 saturated heterocycles. The summed E-state index contributed by atoms with van der Waals surface area (Å²) in [5.41, 5.74) is 0. The molecule has 22 heavy (non-hydrogen) atoms. The normalized spacial score (nSPS) is 11.5. The lowest BCUT2D eigenvalue weighted by atomic mass is 10.3. The van der Waals surface area contributed by atoms with E-state index in [4.69, 9.17) is 13.9 Å². The number of hydrogen-bond acceptors (Lipinski definition) is 5. The molecule has 0 fully saturated rings. The Labute approximate surface area is 128 Å². The van der Waals surface area contributed by atoms with Gasteiger partial charge in [0.15, 0.2) is 12.7 Å². The van der Waals surface area contributed by atoms with Gasteiger partial charge in [-0.15, -0.1) is 0 Å². The summed E-state index contributed by atoms with van der Waals surface area (Å²) in [5.74, 6) is 0.183. The Kier molecular flexibility index (Phi) is 5.59. The van der Waals surface area contributed by atoms with Crippen molar-refractivity contribution in [3.8, 4) is 5.75 Å². The van der Waals surface area contributed by atoms with Crippen molar-refractivity contribution >= 4 is 11.9 Å². The molecule has 0 spiro atoms. The van der Waals surface area contributed by atoms with Gasteiger partial charge in [-0.3, -0.25) is 4.79 Å². The molecule has 2 aromatic rings. The summed E-state index contributed by atoms with van der Waals surface area (Å²) >= 11 is 0. The maximum atomic E-state index is 11.8. The molecule has 1 atom stereocenters. The van der Waals surface area contributed by atoms with Gasteiger partial charge in [0.1, 0.15) is 11.5 Å². The number of para-hydroxylation sites is 1. The molecule has 1 aromatic carbocycles. The molecule has 0 aliphatic heterocycles. The van der Waals surface area contributed by atoms with Gasteiger partial charge in [-0.25, -0.2) is 4.79 Å². The Morgan fingerprint density at radius 1 is 1.18 bits per heavy atom. The molecule has 0 unspecified atom stereocenters. The zero-order chi connectivity index (χ0) is 15.8. The van der Waals surface area contributed by atoms with Gasteiger partial charge in [-0.05, 0) is 31.2 Å². The van der Waals surface area contributed by atoms with E-state index in [0.717, 1.165) is 0 Å². The summed E-state index contributed by atoms with van der Waals surface area (Å²) < 4.78 is 15.3. The minimum Gasteiger partial charge on any atom is -0.482 e. The number of carbonyl (C=O) groups is 2. The fraction of sp³-hybridized carbons (Fsp3) is 0.250. The smallest absolute Gasteiger partial charge is 0.344 e. The van der Waals surface area contributed by atoms with Crippen LogP contribution in [0.25, 0.3) is 0 Å². The van der Waals surface area contributed by atoms with E-state index in [0.29, 0.717) is 11.5 Å². The van der Waals surface area contributed by atoms with Crippen LogP contribution in [-0.2, 0) is 20.9 Å². The first-order chi connectivity index (χ1) is 10.6. The fourth-order valence-electron chi connectivity index (χ4n) is 1.67. The Balaban J connectivity index is 1.70. The molecule has 6 heteroatoms. The number of benzene rings is 1. The third-order valence-electron chi connectivity index (χ3n) is 2.79. The lowest BCUT2D eigenvalue weighted by Gasteiger charge is -2.13. The van der Waals surface area contributed by atoms with Crippen molar-refractivity contribution in [2.75, 3.05) is 6.61 Å². The van der Waals surface area contributed by atoms with Gasteiger partial charge in [0.05, 0.1) is 12.8 Å². The van der Waals surface area contributed by atoms with Crippen molar-refractivity contribution in [3.05, 3.63) is 54.5 Å². The van der Waals surface area contributed by atoms with Gasteiger partial charge < -0.3 is 19.2 Å². The van der Waals surface area contributed by atoms with Crippen molar-refractivity contribution in [1.82, 2.24) is 5.32 Å². The molecule has 0 bridgehead atoms. The van der Waals surface area contributed by atoms with Crippen LogP contribution in [-0.4, -0.2) is 24.6 Å². The van der Waals surface area contributed by atoms with Crippen LogP contribution in [0.15, 0.2) is 53.1 Å². The average molecular weight is 303 g/mol. The van der Waals surface area contributed by atoms with Crippen LogP contribution >= 0.6 is 0 Å². The number of carbonyl (C=O) groups excluding carboxylic acids is 2. The lowest BCUT2D eigenvalue weighted by molar-refractivity contribution is -0.156. The minimum atomic E-state index is -0.901. The first-order valence-corrected chi connectivity index (χ1v) is 6.82. The van der Waals surface area contributed by atoms with Crippen LogP contribution in [0.3, 0.4) is 0 Å². The Hall–Kier alpha value is -2.76. The summed E-state index contributed by atoms with van der Waals surface area (Å²) in [6, 6.07) is 12.4. The van der Waals surface area contributed by atoms with Crippen LogP contribution in [0.4, 0.5) is 0 Å². The second kappa shape index (κ2) is 7.87. The van der Waals surface area contributed by atoms with E-state index in [1.807, 2.05) is 6.07 Å². The average Bonchev–Trinajstić information content (AvgIpc) is 3.05. The van der Waals surface area contributed by atoms with Gasteiger partial charge in [0.2, 0.25) is 0 Å². The molecular weight excluding hydrogens is 286 g/mol. The second-order valence-corrected chi connectivity index (χ2v) is 4.53.